The smallest absolute Gasteiger partial charge is 0.194 e. The first-order valence-corrected chi connectivity index (χ1v) is 17.6. The van der Waals surface area contributed by atoms with Gasteiger partial charge in [0.05, 0.1) is 12.2 Å². The highest BCUT2D eigenvalue weighted by molar-refractivity contribution is 7.79. The molecule has 0 spiro atoms. The number of amidine groups is 1. The topological polar surface area (TPSA) is 32.7 Å². The van der Waals surface area contributed by atoms with Gasteiger partial charge in [-0.25, -0.2) is 0 Å². The summed E-state index contributed by atoms with van der Waals surface area (Å²) < 4.78 is 0. The number of hydrogen-bond acceptors (Lipinski definition) is 3. The van der Waals surface area contributed by atoms with Crippen LogP contribution in [0.3, 0.4) is 0 Å². The fraction of sp³-hybridized carbons (Fsp3) is 0.0455. The van der Waals surface area contributed by atoms with Gasteiger partial charge in [-0.1, -0.05) is 170 Å². The molecule has 0 fully saturated rings. The van der Waals surface area contributed by atoms with E-state index in [9.17, 15) is 4.79 Å². The fourth-order valence-corrected chi connectivity index (χ4v) is 9.00. The Morgan fingerprint density at radius 2 is 1.08 bits per heavy atom. The second-order valence-corrected chi connectivity index (χ2v) is 14.1. The molecule has 0 saturated carbocycles. The Morgan fingerprint density at radius 3 is 1.79 bits per heavy atom. The monoisotopic (exact) mass is 636 g/mol. The summed E-state index contributed by atoms with van der Waals surface area (Å²) in [5.74, 6) is 0.945. The lowest BCUT2D eigenvalue weighted by Crippen LogP contribution is -2.29. The average molecular weight is 637 g/mol. The maximum Gasteiger partial charge on any atom is 0.194 e. The lowest BCUT2D eigenvalue weighted by molar-refractivity contribution is 0.104. The molecule has 0 saturated heterocycles. The minimum absolute atomic E-state index is 0.0148. The summed E-state index contributed by atoms with van der Waals surface area (Å²) in [6, 6.07) is 61.0. The second-order valence-electron chi connectivity index (χ2n) is 11.8. The second kappa shape index (κ2) is 13.2. The van der Waals surface area contributed by atoms with Crippen molar-refractivity contribution in [1.82, 2.24) is 0 Å². The zero-order valence-corrected chi connectivity index (χ0v) is 27.3. The van der Waals surface area contributed by atoms with Gasteiger partial charge in [0.15, 0.2) is 5.78 Å². The van der Waals surface area contributed by atoms with E-state index in [1.54, 1.807) is 0 Å². The van der Waals surface area contributed by atoms with Crippen LogP contribution in [0, 0.1) is 0 Å². The molecule has 1 heterocycles. The molecule has 0 bridgehead atoms. The van der Waals surface area contributed by atoms with Gasteiger partial charge in [0.25, 0.3) is 0 Å². The number of carbonyl (C=O) groups excluding carboxylic acids is 1. The van der Waals surface area contributed by atoms with Gasteiger partial charge in [-0.15, -0.1) is 0 Å². The normalized spacial score (nSPS) is 12.8. The number of hydrogen-bond donors (Lipinski definition) is 0. The third-order valence-electron chi connectivity index (χ3n) is 8.93. The van der Waals surface area contributed by atoms with Crippen LogP contribution in [-0.2, 0) is 0 Å². The SMILES string of the molecule is O=C(c1cccc(N2CCN=C2c2ccccc2)c1-c1ccc(P(c2ccccc2)c2ccccc2)cc1)c1cccc2ccccc12. The van der Waals surface area contributed by atoms with E-state index in [2.05, 4.69) is 120 Å². The van der Waals surface area contributed by atoms with E-state index in [0.29, 0.717) is 17.7 Å². The summed E-state index contributed by atoms with van der Waals surface area (Å²) >= 11 is 0. The van der Waals surface area contributed by atoms with Crippen molar-refractivity contribution in [2.45, 2.75) is 0 Å². The van der Waals surface area contributed by atoms with Gasteiger partial charge in [0.1, 0.15) is 5.84 Å². The Balaban J connectivity index is 1.29. The van der Waals surface area contributed by atoms with Gasteiger partial charge in [-0.05, 0) is 46.2 Å². The highest BCUT2D eigenvalue weighted by Crippen LogP contribution is 2.39. The third kappa shape index (κ3) is 5.64. The van der Waals surface area contributed by atoms with Crippen LogP contribution in [0.4, 0.5) is 5.69 Å². The number of carbonyl (C=O) groups is 1. The molecule has 48 heavy (non-hydrogen) atoms. The summed E-state index contributed by atoms with van der Waals surface area (Å²) in [4.78, 5) is 21.9. The van der Waals surface area contributed by atoms with Crippen LogP contribution in [0.25, 0.3) is 21.9 Å². The number of anilines is 1. The van der Waals surface area contributed by atoms with Gasteiger partial charge in [0.2, 0.25) is 0 Å². The van der Waals surface area contributed by atoms with Crippen LogP contribution >= 0.6 is 7.92 Å². The summed E-state index contributed by atoms with van der Waals surface area (Å²) in [5.41, 5.74) is 5.38. The lowest BCUT2D eigenvalue weighted by Gasteiger charge is -2.26. The molecule has 0 radical (unpaired) electrons. The van der Waals surface area contributed by atoms with E-state index in [0.717, 1.165) is 45.5 Å². The molecule has 0 amide bonds. The molecule has 0 N–H and O–H groups in total. The van der Waals surface area contributed by atoms with Crippen LogP contribution < -0.4 is 20.8 Å². The molecule has 4 heteroatoms. The third-order valence-corrected chi connectivity index (χ3v) is 11.4. The molecule has 0 atom stereocenters. The van der Waals surface area contributed by atoms with E-state index < -0.39 is 7.92 Å². The van der Waals surface area contributed by atoms with Crippen LogP contribution in [0.1, 0.15) is 21.5 Å². The average Bonchev–Trinajstić information content (AvgIpc) is 3.66. The van der Waals surface area contributed by atoms with Gasteiger partial charge in [-0.3, -0.25) is 9.79 Å². The van der Waals surface area contributed by atoms with Crippen molar-refractivity contribution < 1.29 is 4.79 Å². The van der Waals surface area contributed by atoms with Crippen molar-refractivity contribution in [1.29, 1.82) is 0 Å². The van der Waals surface area contributed by atoms with Crippen LogP contribution in [0.5, 0.6) is 0 Å². The molecule has 230 valence electrons. The maximum atomic E-state index is 14.7. The maximum absolute atomic E-state index is 14.7. The van der Waals surface area contributed by atoms with Crippen LogP contribution in [0.15, 0.2) is 181 Å². The molecule has 7 aromatic carbocycles. The number of nitrogens with zero attached hydrogens (tertiary/aromatic N) is 2. The van der Waals surface area contributed by atoms with Crippen LogP contribution in [0.2, 0.25) is 0 Å². The zero-order chi connectivity index (χ0) is 32.3. The number of rotatable bonds is 8. The minimum atomic E-state index is -0.754. The summed E-state index contributed by atoms with van der Waals surface area (Å²) in [6.45, 7) is 1.44. The molecule has 1 aliphatic rings. The van der Waals surface area contributed by atoms with Crippen molar-refractivity contribution in [3.8, 4) is 11.1 Å². The van der Waals surface area contributed by atoms with Crippen molar-refractivity contribution in [3.63, 3.8) is 0 Å². The first-order chi connectivity index (χ1) is 23.8. The first kappa shape index (κ1) is 29.8. The predicted octanol–water partition coefficient (Wildman–Crippen LogP) is 8.76. The fourth-order valence-electron chi connectivity index (χ4n) is 6.72. The number of aliphatic imine (C=N–C) groups is 1. The zero-order valence-electron chi connectivity index (χ0n) is 26.4. The quantitative estimate of drug-likeness (QED) is 0.123. The summed E-state index contributed by atoms with van der Waals surface area (Å²) in [7, 11) is -0.754. The Hall–Kier alpha value is -5.63. The van der Waals surface area contributed by atoms with Gasteiger partial charge in [-0.2, -0.15) is 0 Å². The van der Waals surface area contributed by atoms with Gasteiger partial charge >= 0.3 is 0 Å². The highest BCUT2D eigenvalue weighted by Gasteiger charge is 2.27. The molecular formula is C44H33N2OP. The van der Waals surface area contributed by atoms with Crippen molar-refractivity contribution in [2.75, 3.05) is 18.0 Å². The molecule has 1 aliphatic heterocycles. The lowest BCUT2D eigenvalue weighted by atomic mass is 9.90. The van der Waals surface area contributed by atoms with Crippen LogP contribution in [-0.4, -0.2) is 24.7 Å². The number of benzene rings is 7. The molecule has 3 nitrogen and oxygen atoms in total. The molecule has 0 aliphatic carbocycles. The Labute approximate surface area is 282 Å². The number of fused-ring (bicyclic) bond motifs is 1. The van der Waals surface area contributed by atoms with E-state index in [4.69, 9.17) is 4.99 Å². The Morgan fingerprint density at radius 1 is 0.521 bits per heavy atom. The standard InChI is InChI=1S/C44H33N2OP/c47-43(39-23-12-17-32-14-10-11-22-38(32)39)40-24-13-25-41(46-31-30-45-44(46)34-15-4-1-5-16-34)42(40)33-26-28-37(29-27-33)48(35-18-6-2-7-19-35)36-20-8-3-9-21-36/h1-29H,30-31H2. The van der Waals surface area contributed by atoms with Gasteiger partial charge in [0, 0.05) is 28.8 Å². The van der Waals surface area contributed by atoms with Crippen molar-refractivity contribution >= 4 is 51.9 Å². The van der Waals surface area contributed by atoms with E-state index in [1.165, 1.54) is 15.9 Å². The molecule has 8 rings (SSSR count). The molecule has 7 aromatic rings. The molecular weight excluding hydrogens is 603 g/mol. The van der Waals surface area contributed by atoms with E-state index in [1.807, 2.05) is 60.7 Å². The summed E-state index contributed by atoms with van der Waals surface area (Å²) in [5, 5.41) is 5.89. The highest BCUT2D eigenvalue weighted by atomic mass is 31.1. The predicted molar refractivity (Wildman–Crippen MR) is 203 cm³/mol. The minimum Gasteiger partial charge on any atom is -0.324 e. The Bertz CT molecular complexity index is 2200. The first-order valence-electron chi connectivity index (χ1n) is 16.3. The van der Waals surface area contributed by atoms with Crippen molar-refractivity contribution in [3.05, 3.63) is 193 Å². The largest absolute Gasteiger partial charge is 0.324 e. The Kier molecular flexibility index (Phi) is 8.20. The van der Waals surface area contributed by atoms with Crippen molar-refractivity contribution in [2.24, 2.45) is 4.99 Å². The number of ketones is 1. The van der Waals surface area contributed by atoms with E-state index in [-0.39, 0.29) is 5.78 Å². The molecule has 0 unspecified atom stereocenters. The molecule has 0 aromatic heterocycles. The summed E-state index contributed by atoms with van der Waals surface area (Å²) in [6.07, 6.45) is 0. The van der Waals surface area contributed by atoms with Gasteiger partial charge < -0.3 is 4.90 Å². The van der Waals surface area contributed by atoms with E-state index >= 15 is 0 Å².